The topological polar surface area (TPSA) is 45.6 Å². The van der Waals surface area contributed by atoms with E-state index < -0.39 is 5.54 Å². The number of fused-ring (bicyclic) bond motifs is 1. The van der Waals surface area contributed by atoms with E-state index in [4.69, 9.17) is 0 Å². The van der Waals surface area contributed by atoms with Gasteiger partial charge in [-0.25, -0.2) is 0 Å². The lowest BCUT2D eigenvalue weighted by Crippen LogP contribution is -2.55. The van der Waals surface area contributed by atoms with Crippen molar-refractivity contribution in [3.8, 4) is 0 Å². The van der Waals surface area contributed by atoms with Crippen LogP contribution in [0.5, 0.6) is 0 Å². The molecule has 2 aromatic rings. The number of hydrogen-bond donors (Lipinski definition) is 0. The summed E-state index contributed by atoms with van der Waals surface area (Å²) in [6.45, 7) is 4.55. The minimum Gasteiger partial charge on any atom is -0.347 e. The van der Waals surface area contributed by atoms with E-state index in [9.17, 15) is 9.59 Å². The summed E-state index contributed by atoms with van der Waals surface area (Å²) in [5.41, 5.74) is 2.08. The highest BCUT2D eigenvalue weighted by Crippen LogP contribution is 2.33. The Morgan fingerprint density at radius 2 is 1.92 bits per heavy atom. The van der Waals surface area contributed by atoms with Crippen LogP contribution in [0.2, 0.25) is 0 Å². The van der Waals surface area contributed by atoms with Crippen LogP contribution in [0.15, 0.2) is 24.3 Å². The highest BCUT2D eigenvalue weighted by Gasteiger charge is 2.47. The molecule has 0 saturated carbocycles. The molecule has 2 amide bonds. The maximum absolute atomic E-state index is 13.2. The molecule has 2 heterocycles. The molecule has 5 heteroatoms. The van der Waals surface area contributed by atoms with Gasteiger partial charge in [0.15, 0.2) is 0 Å². The Labute approximate surface area is 142 Å². The third kappa shape index (κ3) is 2.39. The molecule has 0 N–H and O–H groups in total. The van der Waals surface area contributed by atoms with Gasteiger partial charge in [0.05, 0.1) is 0 Å². The Morgan fingerprint density at radius 1 is 1.21 bits per heavy atom. The normalized spacial score (nSPS) is 20.6. The Hall–Kier alpha value is -2.30. The molecule has 1 saturated heterocycles. The van der Waals surface area contributed by atoms with Crippen LogP contribution in [0, 0.1) is 6.92 Å². The van der Waals surface area contributed by atoms with Crippen LogP contribution in [0.3, 0.4) is 0 Å². The zero-order chi connectivity index (χ0) is 17.6. The van der Waals surface area contributed by atoms with Crippen LogP contribution >= 0.6 is 0 Å². The first kappa shape index (κ1) is 16.6. The molecular formula is C19H25N3O2. The Bertz CT molecular complexity index is 821. The second kappa shape index (κ2) is 5.65. The summed E-state index contributed by atoms with van der Waals surface area (Å²) in [4.78, 5) is 29.2. The van der Waals surface area contributed by atoms with Crippen molar-refractivity contribution in [2.24, 2.45) is 7.05 Å². The van der Waals surface area contributed by atoms with Gasteiger partial charge in [0.1, 0.15) is 11.2 Å². The third-order valence-corrected chi connectivity index (χ3v) is 5.17. The van der Waals surface area contributed by atoms with E-state index in [1.165, 1.54) is 5.56 Å². The average Bonchev–Trinajstić information content (AvgIpc) is 3.07. The zero-order valence-electron chi connectivity index (χ0n) is 15.1. The first-order valence-electron chi connectivity index (χ1n) is 8.35. The Balaban J connectivity index is 2.02. The van der Waals surface area contributed by atoms with E-state index in [1.54, 1.807) is 23.9 Å². The van der Waals surface area contributed by atoms with Crippen LogP contribution in [-0.4, -0.2) is 52.4 Å². The third-order valence-electron chi connectivity index (χ3n) is 5.17. The number of carbonyl (C=O) groups excluding carboxylic acids is 2. The van der Waals surface area contributed by atoms with Crippen LogP contribution in [0.1, 0.15) is 35.8 Å². The molecule has 3 rings (SSSR count). The van der Waals surface area contributed by atoms with Crippen molar-refractivity contribution < 1.29 is 9.59 Å². The van der Waals surface area contributed by atoms with Crippen LogP contribution in [0.25, 0.3) is 10.9 Å². The molecule has 1 unspecified atom stereocenters. The van der Waals surface area contributed by atoms with E-state index in [0.29, 0.717) is 18.7 Å². The lowest BCUT2D eigenvalue weighted by molar-refractivity contribution is -0.138. The molecule has 1 aromatic carbocycles. The SMILES string of the molecule is Cc1ccc2c(c1)cc(C(=O)N1CCCC1(C)C(=O)N(C)C)n2C. The number of aryl methyl sites for hydroxylation is 2. The highest BCUT2D eigenvalue weighted by atomic mass is 16.2. The average molecular weight is 327 g/mol. The molecule has 24 heavy (non-hydrogen) atoms. The molecule has 1 aliphatic rings. The summed E-state index contributed by atoms with van der Waals surface area (Å²) in [6, 6.07) is 8.10. The summed E-state index contributed by atoms with van der Waals surface area (Å²) in [5, 5.41) is 1.06. The fourth-order valence-corrected chi connectivity index (χ4v) is 3.81. The molecule has 1 atom stereocenters. The molecule has 1 fully saturated rings. The molecule has 1 aromatic heterocycles. The van der Waals surface area contributed by atoms with E-state index in [2.05, 4.69) is 6.07 Å². The van der Waals surface area contributed by atoms with E-state index in [-0.39, 0.29) is 11.8 Å². The standard InChI is InChI=1S/C19H25N3O2/c1-13-7-8-15-14(11-13)12-16(21(15)5)17(23)22-10-6-9-19(22,2)18(24)20(3)4/h7-8,11-12H,6,9-10H2,1-5H3. The summed E-state index contributed by atoms with van der Waals surface area (Å²) >= 11 is 0. The Kier molecular flexibility index (Phi) is 3.90. The molecule has 5 nitrogen and oxygen atoms in total. The smallest absolute Gasteiger partial charge is 0.271 e. The molecule has 0 spiro atoms. The van der Waals surface area contributed by atoms with Crippen molar-refractivity contribution in [1.82, 2.24) is 14.4 Å². The molecule has 1 aliphatic heterocycles. The summed E-state index contributed by atoms with van der Waals surface area (Å²) < 4.78 is 1.93. The number of rotatable bonds is 2. The summed E-state index contributed by atoms with van der Waals surface area (Å²) in [5.74, 6) is -0.0792. The van der Waals surface area contributed by atoms with Gasteiger partial charge in [0, 0.05) is 38.6 Å². The minimum absolute atomic E-state index is 0.0111. The van der Waals surface area contributed by atoms with Gasteiger partial charge in [-0.2, -0.15) is 0 Å². The lowest BCUT2D eigenvalue weighted by Gasteiger charge is -2.35. The number of aromatic nitrogens is 1. The molecule has 0 bridgehead atoms. The quantitative estimate of drug-likeness (QED) is 0.851. The van der Waals surface area contributed by atoms with Gasteiger partial charge in [0.25, 0.3) is 5.91 Å². The summed E-state index contributed by atoms with van der Waals surface area (Å²) in [6.07, 6.45) is 1.56. The van der Waals surface area contributed by atoms with Crippen molar-refractivity contribution in [3.63, 3.8) is 0 Å². The number of benzene rings is 1. The van der Waals surface area contributed by atoms with Gasteiger partial charge in [-0.3, -0.25) is 9.59 Å². The largest absolute Gasteiger partial charge is 0.347 e. The van der Waals surface area contributed by atoms with Gasteiger partial charge >= 0.3 is 0 Å². The van der Waals surface area contributed by atoms with Gasteiger partial charge in [0.2, 0.25) is 5.91 Å². The van der Waals surface area contributed by atoms with Gasteiger partial charge in [-0.1, -0.05) is 11.6 Å². The Morgan fingerprint density at radius 3 is 2.58 bits per heavy atom. The lowest BCUT2D eigenvalue weighted by atomic mass is 9.97. The first-order chi connectivity index (χ1) is 11.3. The molecule has 128 valence electrons. The number of nitrogens with zero attached hydrogens (tertiary/aromatic N) is 3. The molecule has 0 radical (unpaired) electrons. The van der Waals surface area contributed by atoms with Crippen molar-refractivity contribution in [2.75, 3.05) is 20.6 Å². The maximum atomic E-state index is 13.2. The molecular weight excluding hydrogens is 302 g/mol. The van der Waals surface area contributed by atoms with E-state index in [0.717, 1.165) is 17.3 Å². The number of amides is 2. The monoisotopic (exact) mass is 327 g/mol. The number of carbonyl (C=O) groups is 2. The van der Waals surface area contributed by atoms with Crippen LogP contribution in [-0.2, 0) is 11.8 Å². The van der Waals surface area contributed by atoms with E-state index >= 15 is 0 Å². The number of hydrogen-bond acceptors (Lipinski definition) is 2. The van der Waals surface area contributed by atoms with Crippen molar-refractivity contribution in [1.29, 1.82) is 0 Å². The van der Waals surface area contributed by atoms with Gasteiger partial charge in [-0.15, -0.1) is 0 Å². The number of likely N-dealkylation sites (N-methyl/N-ethyl adjacent to an activating group) is 1. The van der Waals surface area contributed by atoms with Crippen LogP contribution in [0.4, 0.5) is 0 Å². The zero-order valence-corrected chi connectivity index (χ0v) is 15.1. The fourth-order valence-electron chi connectivity index (χ4n) is 3.81. The highest BCUT2D eigenvalue weighted by molar-refractivity contribution is 6.02. The van der Waals surface area contributed by atoms with Gasteiger partial charge in [-0.05, 0) is 44.9 Å². The minimum atomic E-state index is -0.757. The predicted molar refractivity (Wildman–Crippen MR) is 95.0 cm³/mol. The van der Waals surface area contributed by atoms with Crippen LogP contribution < -0.4 is 0 Å². The number of likely N-dealkylation sites (tertiary alicyclic amines) is 1. The first-order valence-corrected chi connectivity index (χ1v) is 8.35. The predicted octanol–water partition coefficient (Wildman–Crippen LogP) is 2.57. The second-order valence-corrected chi connectivity index (χ2v) is 7.18. The second-order valence-electron chi connectivity index (χ2n) is 7.18. The van der Waals surface area contributed by atoms with Crippen molar-refractivity contribution in [2.45, 2.75) is 32.2 Å². The van der Waals surface area contributed by atoms with Crippen molar-refractivity contribution >= 4 is 22.7 Å². The molecule has 0 aliphatic carbocycles. The van der Waals surface area contributed by atoms with Gasteiger partial charge < -0.3 is 14.4 Å². The maximum Gasteiger partial charge on any atom is 0.271 e. The van der Waals surface area contributed by atoms with E-state index in [1.807, 2.05) is 43.7 Å². The fraction of sp³-hybridized carbons (Fsp3) is 0.474. The summed E-state index contributed by atoms with van der Waals surface area (Å²) in [7, 11) is 5.40. The van der Waals surface area contributed by atoms with Crippen molar-refractivity contribution in [3.05, 3.63) is 35.5 Å².